The van der Waals surface area contributed by atoms with Crippen LogP contribution in [0.3, 0.4) is 0 Å². The van der Waals surface area contributed by atoms with Gasteiger partial charge >= 0.3 is 5.97 Å². The number of hydrogen-bond acceptors (Lipinski definition) is 6. The van der Waals surface area contributed by atoms with Gasteiger partial charge in [-0.1, -0.05) is 23.9 Å². The van der Waals surface area contributed by atoms with E-state index in [1.165, 1.54) is 17.0 Å². The number of thiophene rings is 1. The van der Waals surface area contributed by atoms with E-state index in [1.54, 1.807) is 23.1 Å². The molecule has 0 bridgehead atoms. The number of ether oxygens (including phenoxy) is 1. The van der Waals surface area contributed by atoms with Gasteiger partial charge in [-0.25, -0.2) is 4.98 Å². The highest BCUT2D eigenvalue weighted by Gasteiger charge is 2.13. The van der Waals surface area contributed by atoms with Crippen molar-refractivity contribution in [3.05, 3.63) is 53.7 Å². The first kappa shape index (κ1) is 16.1. The quantitative estimate of drug-likeness (QED) is 0.384. The molecule has 0 unspecified atom stereocenters. The van der Waals surface area contributed by atoms with Crippen LogP contribution in [0.25, 0.3) is 21.1 Å². The number of nitrogens with zero attached hydrogens (tertiary/aromatic N) is 3. The van der Waals surface area contributed by atoms with Crippen molar-refractivity contribution in [3.8, 4) is 0 Å². The molecule has 0 saturated heterocycles. The first-order valence-corrected chi connectivity index (χ1v) is 9.61. The number of fused-ring (bicyclic) bond motifs is 2. The summed E-state index contributed by atoms with van der Waals surface area (Å²) in [5.41, 5.74) is 2.89. The van der Waals surface area contributed by atoms with Crippen LogP contribution in [0.5, 0.6) is 0 Å². The third kappa shape index (κ3) is 3.25. The molecule has 0 amide bonds. The van der Waals surface area contributed by atoms with Crippen LogP contribution in [-0.2, 0) is 22.0 Å². The lowest BCUT2D eigenvalue weighted by atomic mass is 10.3. The number of imidazole rings is 1. The lowest BCUT2D eigenvalue weighted by Crippen LogP contribution is -2.07. The molecule has 3 heterocycles. The zero-order chi connectivity index (χ0) is 17.2. The molecule has 0 atom stereocenters. The van der Waals surface area contributed by atoms with Gasteiger partial charge in [-0.2, -0.15) is 0 Å². The molecule has 0 radical (unpaired) electrons. The minimum atomic E-state index is -0.307. The van der Waals surface area contributed by atoms with E-state index in [0.717, 1.165) is 21.9 Å². The van der Waals surface area contributed by atoms with E-state index in [-0.39, 0.29) is 12.7 Å². The van der Waals surface area contributed by atoms with Crippen LogP contribution in [0.2, 0.25) is 0 Å². The lowest BCUT2D eigenvalue weighted by molar-refractivity contribution is -0.144. The smallest absolute Gasteiger partial charge is 0.304 e. The van der Waals surface area contributed by atoms with E-state index < -0.39 is 0 Å². The van der Waals surface area contributed by atoms with Crippen LogP contribution in [0.4, 0.5) is 0 Å². The lowest BCUT2D eigenvalue weighted by Gasteiger charge is -2.08. The molecule has 1 aromatic carbocycles. The highest BCUT2D eigenvalue weighted by molar-refractivity contribution is 7.98. The Balaban J connectivity index is 1.65. The highest BCUT2D eigenvalue weighted by atomic mass is 32.2. The maximum atomic E-state index is 11.2. The van der Waals surface area contributed by atoms with E-state index in [0.29, 0.717) is 5.75 Å². The molecule has 5 nitrogen and oxygen atoms in total. The summed E-state index contributed by atoms with van der Waals surface area (Å²) in [6.45, 7) is 1.57. The Morgan fingerprint density at radius 1 is 1.28 bits per heavy atom. The molecule has 7 heteroatoms. The number of carbonyl (C=O) groups excluding carboxylic acids is 1. The van der Waals surface area contributed by atoms with Gasteiger partial charge in [-0.15, -0.1) is 11.3 Å². The molecular weight excluding hydrogens is 354 g/mol. The van der Waals surface area contributed by atoms with E-state index in [1.807, 2.05) is 41.1 Å². The summed E-state index contributed by atoms with van der Waals surface area (Å²) in [5, 5.41) is 4.11. The van der Waals surface area contributed by atoms with Crippen molar-refractivity contribution in [2.75, 3.05) is 0 Å². The predicted molar refractivity (Wildman–Crippen MR) is 101 cm³/mol. The topological polar surface area (TPSA) is 57.0 Å². The molecule has 0 saturated carbocycles. The van der Waals surface area contributed by atoms with Gasteiger partial charge in [0.2, 0.25) is 0 Å². The van der Waals surface area contributed by atoms with Gasteiger partial charge in [-0.05, 0) is 35.0 Å². The number of para-hydroxylation sites is 2. The summed E-state index contributed by atoms with van der Waals surface area (Å²) in [6.07, 6.45) is 1.84. The Morgan fingerprint density at radius 3 is 3.04 bits per heavy atom. The first-order chi connectivity index (χ1) is 12.2. The van der Waals surface area contributed by atoms with Crippen LogP contribution in [-0.4, -0.2) is 20.5 Å². The Labute approximate surface area is 152 Å². The van der Waals surface area contributed by atoms with Crippen LogP contribution in [0.1, 0.15) is 12.6 Å². The van der Waals surface area contributed by atoms with Crippen LogP contribution < -0.4 is 0 Å². The minimum absolute atomic E-state index is 0.162. The highest BCUT2D eigenvalue weighted by Crippen LogP contribution is 2.30. The molecule has 0 N–H and O–H groups in total. The van der Waals surface area contributed by atoms with Gasteiger partial charge < -0.3 is 4.74 Å². The normalized spacial score (nSPS) is 11.2. The molecule has 4 aromatic rings. The Hall–Kier alpha value is -2.38. The summed E-state index contributed by atoms with van der Waals surface area (Å²) >= 11 is 3.30. The average molecular weight is 369 g/mol. The maximum absolute atomic E-state index is 11.2. The molecular formula is C18H15N3O2S2. The predicted octanol–water partition coefficient (Wildman–Crippen LogP) is 4.46. The second kappa shape index (κ2) is 6.85. The number of rotatable bonds is 5. The average Bonchev–Trinajstić information content (AvgIpc) is 3.22. The molecule has 0 fully saturated rings. The molecule has 3 aromatic heterocycles. The van der Waals surface area contributed by atoms with Gasteiger partial charge in [0.1, 0.15) is 0 Å². The Morgan fingerprint density at radius 2 is 2.16 bits per heavy atom. The summed E-state index contributed by atoms with van der Waals surface area (Å²) in [6, 6.07) is 12.0. The van der Waals surface area contributed by atoms with Gasteiger partial charge in [0.05, 0.1) is 21.4 Å². The third-order valence-corrected chi connectivity index (χ3v) is 5.76. The zero-order valence-electron chi connectivity index (χ0n) is 13.5. The minimum Gasteiger partial charge on any atom is -0.444 e. The van der Waals surface area contributed by atoms with Crippen LogP contribution in [0.15, 0.2) is 53.1 Å². The van der Waals surface area contributed by atoms with Gasteiger partial charge in [0.25, 0.3) is 0 Å². The van der Waals surface area contributed by atoms with Crippen LogP contribution >= 0.6 is 23.1 Å². The van der Waals surface area contributed by atoms with E-state index in [4.69, 9.17) is 4.74 Å². The molecule has 25 heavy (non-hydrogen) atoms. The van der Waals surface area contributed by atoms with Crippen molar-refractivity contribution in [1.82, 2.24) is 14.5 Å². The summed E-state index contributed by atoms with van der Waals surface area (Å²) in [4.78, 5) is 20.4. The Kier molecular flexibility index (Phi) is 4.42. The van der Waals surface area contributed by atoms with E-state index >= 15 is 0 Å². The number of hydrogen-bond donors (Lipinski definition) is 0. The number of carbonyl (C=O) groups is 1. The fourth-order valence-electron chi connectivity index (χ4n) is 2.63. The number of aromatic nitrogens is 3. The SMILES string of the molecule is CC(=O)OCn1c(SCc2nccc3ccsc23)nc2ccccc21. The van der Waals surface area contributed by atoms with Crippen LogP contribution in [0, 0.1) is 0 Å². The number of benzene rings is 1. The van der Waals surface area contributed by atoms with Gasteiger partial charge in [0.15, 0.2) is 11.9 Å². The van der Waals surface area contributed by atoms with Crippen molar-refractivity contribution in [1.29, 1.82) is 0 Å². The molecule has 0 aliphatic carbocycles. The largest absolute Gasteiger partial charge is 0.444 e. The monoisotopic (exact) mass is 369 g/mol. The van der Waals surface area contributed by atoms with Crippen molar-refractivity contribution < 1.29 is 9.53 Å². The number of esters is 1. The maximum Gasteiger partial charge on any atom is 0.304 e. The van der Waals surface area contributed by atoms with Crippen molar-refractivity contribution in [3.63, 3.8) is 0 Å². The summed E-state index contributed by atoms with van der Waals surface area (Å²) < 4.78 is 8.33. The summed E-state index contributed by atoms with van der Waals surface area (Å²) in [7, 11) is 0. The van der Waals surface area contributed by atoms with Crippen molar-refractivity contribution in [2.24, 2.45) is 0 Å². The molecule has 4 rings (SSSR count). The molecule has 0 aliphatic heterocycles. The van der Waals surface area contributed by atoms with Gasteiger partial charge in [-0.3, -0.25) is 14.3 Å². The second-order valence-electron chi connectivity index (χ2n) is 5.46. The fourth-order valence-corrected chi connectivity index (χ4v) is 4.56. The van der Waals surface area contributed by atoms with E-state index in [9.17, 15) is 4.79 Å². The zero-order valence-corrected chi connectivity index (χ0v) is 15.1. The third-order valence-electron chi connectivity index (χ3n) is 3.80. The van der Waals surface area contributed by atoms with Crippen molar-refractivity contribution >= 4 is 50.2 Å². The Bertz CT molecular complexity index is 1050. The van der Waals surface area contributed by atoms with Gasteiger partial charge in [0, 0.05) is 18.9 Å². The first-order valence-electron chi connectivity index (χ1n) is 7.75. The number of pyridine rings is 1. The molecule has 0 spiro atoms. The fraction of sp³-hybridized carbons (Fsp3) is 0.167. The second-order valence-corrected chi connectivity index (χ2v) is 7.32. The molecule has 0 aliphatic rings. The van der Waals surface area contributed by atoms with Crippen molar-refractivity contribution in [2.45, 2.75) is 24.6 Å². The molecule has 126 valence electrons. The number of thioether (sulfide) groups is 1. The van der Waals surface area contributed by atoms with E-state index in [2.05, 4.69) is 21.4 Å². The standard InChI is InChI=1S/C18H15N3O2S2/c1-12(22)23-11-21-16-5-3-2-4-14(16)20-18(21)25-10-15-17-13(6-8-19-15)7-9-24-17/h2-9H,10-11H2,1H3. The summed E-state index contributed by atoms with van der Waals surface area (Å²) in [5.74, 6) is 0.403.